The molecule has 206 valence electrons. The Labute approximate surface area is 224 Å². The van der Waals surface area contributed by atoms with Crippen molar-refractivity contribution in [2.45, 2.75) is 26.4 Å². The lowest BCUT2D eigenvalue weighted by Crippen LogP contribution is -2.25. The highest BCUT2D eigenvalue weighted by molar-refractivity contribution is 6.04. The van der Waals surface area contributed by atoms with Gasteiger partial charge in [0, 0.05) is 17.9 Å². The number of nitrogens with two attached hydrogens (primary N) is 1. The molecule has 8 nitrogen and oxygen atoms in total. The predicted octanol–water partition coefficient (Wildman–Crippen LogP) is 6.59. The first-order chi connectivity index (χ1) is 18.7. The van der Waals surface area contributed by atoms with Gasteiger partial charge in [0.05, 0.1) is 17.6 Å². The minimum atomic E-state index is -4.50. The van der Waals surface area contributed by atoms with Crippen LogP contribution >= 0.6 is 0 Å². The van der Waals surface area contributed by atoms with Gasteiger partial charge in [-0.25, -0.2) is 4.79 Å². The number of aromatic nitrogens is 2. The lowest BCUT2D eigenvalue weighted by atomic mass is 10.0. The van der Waals surface area contributed by atoms with E-state index in [1.54, 1.807) is 12.1 Å². The number of rotatable bonds is 10. The first-order valence-electron chi connectivity index (χ1n) is 12.7. The van der Waals surface area contributed by atoms with Crippen LogP contribution in [0.15, 0.2) is 60.7 Å². The van der Waals surface area contributed by atoms with Gasteiger partial charge in [0.25, 0.3) is 0 Å². The Morgan fingerprint density at radius 3 is 2.44 bits per heavy atom. The van der Waals surface area contributed by atoms with Gasteiger partial charge in [-0.3, -0.25) is 5.10 Å². The highest BCUT2D eigenvalue weighted by Gasteiger charge is 2.30. The van der Waals surface area contributed by atoms with Gasteiger partial charge in [0.15, 0.2) is 5.82 Å². The number of alkyl halides is 3. The lowest BCUT2D eigenvalue weighted by molar-refractivity contribution is -0.137. The maximum Gasteiger partial charge on any atom is 0.416 e. The van der Waals surface area contributed by atoms with E-state index in [4.69, 9.17) is 10.5 Å². The van der Waals surface area contributed by atoms with Gasteiger partial charge in [-0.1, -0.05) is 32.0 Å². The number of hydrogen-bond donors (Lipinski definition) is 4. The molecule has 0 aliphatic rings. The summed E-state index contributed by atoms with van der Waals surface area (Å²) in [5.41, 5.74) is 8.22. The third-order valence-electron chi connectivity index (χ3n) is 6.38. The Morgan fingerprint density at radius 1 is 1.03 bits per heavy atom. The number of nitrogen functional groups attached to an aromatic ring is 1. The van der Waals surface area contributed by atoms with Crippen LogP contribution < -0.4 is 21.1 Å². The molecule has 39 heavy (non-hydrogen) atoms. The lowest BCUT2D eigenvalue weighted by Gasteiger charge is -2.18. The summed E-state index contributed by atoms with van der Waals surface area (Å²) >= 11 is 0. The molecule has 0 bridgehead atoms. The van der Waals surface area contributed by atoms with E-state index in [2.05, 4.69) is 39.6 Å². The van der Waals surface area contributed by atoms with Gasteiger partial charge in [-0.05, 0) is 73.1 Å². The maximum absolute atomic E-state index is 12.9. The fourth-order valence-corrected chi connectivity index (χ4v) is 4.30. The standard InChI is InChI=1S/C28H31F3N6O2/c1-3-37(4-2)15-6-16-39-23-14-13-22(24-25(23)35-36-26(24)32)18-9-11-20(12-10-18)33-27(38)34-21-8-5-7-19(17-21)28(29,30)31/h5,7-14,17H,3-4,6,15-16H2,1-2H3,(H3,32,35,36)(H2,33,34,38). The number of ether oxygens (including phenoxy) is 1. The molecule has 0 aliphatic carbocycles. The van der Waals surface area contributed by atoms with E-state index in [-0.39, 0.29) is 5.69 Å². The van der Waals surface area contributed by atoms with Gasteiger partial charge in [-0.15, -0.1) is 0 Å². The Hall–Kier alpha value is -4.25. The molecule has 0 saturated carbocycles. The molecule has 0 atom stereocenters. The highest BCUT2D eigenvalue weighted by Crippen LogP contribution is 2.37. The fraction of sp³-hybridized carbons (Fsp3) is 0.286. The SMILES string of the molecule is CCN(CC)CCCOc1ccc(-c2ccc(NC(=O)Nc3cccc(C(F)(F)F)c3)cc2)c2c(N)n[nH]c12. The van der Waals surface area contributed by atoms with Crippen molar-refractivity contribution in [1.29, 1.82) is 0 Å². The van der Waals surface area contributed by atoms with E-state index >= 15 is 0 Å². The van der Waals surface area contributed by atoms with Crippen molar-refractivity contribution in [3.8, 4) is 16.9 Å². The van der Waals surface area contributed by atoms with Gasteiger partial charge in [0.2, 0.25) is 0 Å². The molecule has 4 aromatic rings. The van der Waals surface area contributed by atoms with Crippen molar-refractivity contribution < 1.29 is 22.7 Å². The van der Waals surface area contributed by atoms with E-state index < -0.39 is 17.8 Å². The molecule has 1 aromatic heterocycles. The number of halogens is 3. The van der Waals surface area contributed by atoms with E-state index in [0.717, 1.165) is 54.7 Å². The predicted molar refractivity (Wildman–Crippen MR) is 148 cm³/mol. The number of hydrogen-bond acceptors (Lipinski definition) is 5. The summed E-state index contributed by atoms with van der Waals surface area (Å²) in [6.07, 6.45) is -3.60. The zero-order valence-corrected chi connectivity index (χ0v) is 21.7. The van der Waals surface area contributed by atoms with Gasteiger partial charge >= 0.3 is 12.2 Å². The van der Waals surface area contributed by atoms with Crippen molar-refractivity contribution >= 4 is 34.1 Å². The Bertz CT molecular complexity index is 1420. The number of aromatic amines is 1. The van der Waals surface area contributed by atoms with Crippen LogP contribution in [0.5, 0.6) is 5.75 Å². The normalized spacial score (nSPS) is 11.6. The molecule has 0 unspecified atom stereocenters. The van der Waals surface area contributed by atoms with Crippen molar-refractivity contribution in [1.82, 2.24) is 15.1 Å². The van der Waals surface area contributed by atoms with Crippen LogP contribution in [0.3, 0.4) is 0 Å². The molecule has 0 spiro atoms. The molecular weight excluding hydrogens is 509 g/mol. The van der Waals surface area contributed by atoms with Crippen LogP contribution in [0, 0.1) is 0 Å². The van der Waals surface area contributed by atoms with Crippen LogP contribution in [0.2, 0.25) is 0 Å². The molecule has 3 aromatic carbocycles. The number of urea groups is 1. The number of H-pyrrole nitrogens is 1. The minimum absolute atomic E-state index is 0.0344. The summed E-state index contributed by atoms with van der Waals surface area (Å²) in [5, 5.41) is 12.9. The average molecular weight is 541 g/mol. The third-order valence-corrected chi connectivity index (χ3v) is 6.38. The van der Waals surface area contributed by atoms with Crippen LogP contribution in [0.1, 0.15) is 25.8 Å². The molecule has 0 fully saturated rings. The van der Waals surface area contributed by atoms with E-state index in [0.29, 0.717) is 29.4 Å². The fourth-order valence-electron chi connectivity index (χ4n) is 4.30. The van der Waals surface area contributed by atoms with Crippen molar-refractivity contribution in [2.75, 3.05) is 42.6 Å². The molecule has 4 rings (SSSR count). The van der Waals surface area contributed by atoms with Crippen molar-refractivity contribution in [3.05, 3.63) is 66.2 Å². The second-order valence-corrected chi connectivity index (χ2v) is 8.93. The Morgan fingerprint density at radius 2 is 1.74 bits per heavy atom. The van der Waals surface area contributed by atoms with Gasteiger partial charge < -0.3 is 26.0 Å². The number of amides is 2. The summed E-state index contributed by atoms with van der Waals surface area (Å²) in [7, 11) is 0. The average Bonchev–Trinajstić information content (AvgIpc) is 3.31. The molecule has 0 radical (unpaired) electrons. The number of nitrogens with zero attached hydrogens (tertiary/aromatic N) is 2. The maximum atomic E-state index is 12.9. The van der Waals surface area contributed by atoms with Crippen LogP contribution in [-0.4, -0.2) is 47.4 Å². The second-order valence-electron chi connectivity index (χ2n) is 8.93. The van der Waals surface area contributed by atoms with E-state index in [1.165, 1.54) is 12.1 Å². The number of benzene rings is 3. The number of carbonyl (C=O) groups excluding carboxylic acids is 1. The molecule has 1 heterocycles. The summed E-state index contributed by atoms with van der Waals surface area (Å²) in [5.74, 6) is 1.01. The Kier molecular flexibility index (Phi) is 8.60. The van der Waals surface area contributed by atoms with Crippen molar-refractivity contribution in [2.24, 2.45) is 0 Å². The largest absolute Gasteiger partial charge is 0.491 e. The number of anilines is 3. The summed E-state index contributed by atoms with van der Waals surface area (Å²) in [6.45, 7) is 7.80. The molecule has 2 amide bonds. The third kappa shape index (κ3) is 6.80. The topological polar surface area (TPSA) is 108 Å². The van der Waals surface area contributed by atoms with Gasteiger partial charge in [-0.2, -0.15) is 18.3 Å². The molecule has 0 aliphatic heterocycles. The summed E-state index contributed by atoms with van der Waals surface area (Å²) in [4.78, 5) is 14.7. The number of fused-ring (bicyclic) bond motifs is 1. The highest BCUT2D eigenvalue weighted by atomic mass is 19.4. The first kappa shape index (κ1) is 27.8. The monoisotopic (exact) mass is 540 g/mol. The molecule has 0 saturated heterocycles. The molecule has 11 heteroatoms. The van der Waals surface area contributed by atoms with E-state index in [1.807, 2.05) is 24.3 Å². The zero-order chi connectivity index (χ0) is 28.0. The smallest absolute Gasteiger partial charge is 0.416 e. The molecule has 5 N–H and O–H groups in total. The van der Waals surface area contributed by atoms with Crippen LogP contribution in [0.4, 0.5) is 35.2 Å². The number of nitrogens with one attached hydrogen (secondary N) is 3. The minimum Gasteiger partial charge on any atom is -0.491 e. The zero-order valence-electron chi connectivity index (χ0n) is 21.7. The summed E-state index contributed by atoms with van der Waals surface area (Å²) < 4.78 is 44.8. The second kappa shape index (κ2) is 12.1. The summed E-state index contributed by atoms with van der Waals surface area (Å²) in [6, 6.07) is 14.6. The van der Waals surface area contributed by atoms with Crippen molar-refractivity contribution in [3.63, 3.8) is 0 Å². The quantitative estimate of drug-likeness (QED) is 0.170. The Balaban J connectivity index is 1.44. The number of carbonyl (C=O) groups is 1. The first-order valence-corrected chi connectivity index (χ1v) is 12.7. The van der Waals surface area contributed by atoms with Gasteiger partial charge in [0.1, 0.15) is 11.3 Å². The van der Waals surface area contributed by atoms with Crippen LogP contribution in [0.25, 0.3) is 22.0 Å². The van der Waals surface area contributed by atoms with E-state index in [9.17, 15) is 18.0 Å². The van der Waals surface area contributed by atoms with Crippen LogP contribution in [-0.2, 0) is 6.18 Å². The molecular formula is C28H31F3N6O2.